The van der Waals surface area contributed by atoms with Crippen molar-refractivity contribution in [1.82, 2.24) is 10.2 Å². The molecular weight excluding hydrogens is 212 g/mol. The lowest BCUT2D eigenvalue weighted by molar-refractivity contribution is 0.179. The van der Waals surface area contributed by atoms with Gasteiger partial charge in [0, 0.05) is 18.6 Å². The SMILES string of the molecule is Cc1ccc(CN(CC2CCCN2)C(C)C)o1. The molecule has 0 aliphatic carbocycles. The van der Waals surface area contributed by atoms with Crippen LogP contribution in [0.2, 0.25) is 0 Å². The third kappa shape index (κ3) is 3.58. The van der Waals surface area contributed by atoms with Gasteiger partial charge >= 0.3 is 0 Å². The van der Waals surface area contributed by atoms with Crippen molar-refractivity contribution in [3.8, 4) is 0 Å². The Hall–Kier alpha value is -0.800. The third-order valence-corrected chi connectivity index (χ3v) is 3.50. The second-order valence-electron chi connectivity index (χ2n) is 5.33. The summed E-state index contributed by atoms with van der Waals surface area (Å²) in [7, 11) is 0. The Morgan fingerprint density at radius 1 is 1.47 bits per heavy atom. The number of aryl methyl sites for hydroxylation is 1. The molecule has 1 aromatic rings. The van der Waals surface area contributed by atoms with Gasteiger partial charge in [0.05, 0.1) is 6.54 Å². The molecule has 1 aromatic heterocycles. The van der Waals surface area contributed by atoms with Crippen LogP contribution in [0.1, 0.15) is 38.2 Å². The van der Waals surface area contributed by atoms with E-state index in [9.17, 15) is 0 Å². The van der Waals surface area contributed by atoms with Crippen molar-refractivity contribution in [2.75, 3.05) is 13.1 Å². The average Bonchev–Trinajstić information content (AvgIpc) is 2.89. The van der Waals surface area contributed by atoms with Gasteiger partial charge in [-0.25, -0.2) is 0 Å². The van der Waals surface area contributed by atoms with Crippen LogP contribution in [0.4, 0.5) is 0 Å². The van der Waals surface area contributed by atoms with Crippen molar-refractivity contribution in [2.24, 2.45) is 0 Å². The van der Waals surface area contributed by atoms with Crippen LogP contribution in [0, 0.1) is 6.92 Å². The van der Waals surface area contributed by atoms with Crippen molar-refractivity contribution in [1.29, 1.82) is 0 Å². The summed E-state index contributed by atoms with van der Waals surface area (Å²) in [5.74, 6) is 2.08. The van der Waals surface area contributed by atoms with Gasteiger partial charge in [-0.1, -0.05) is 0 Å². The van der Waals surface area contributed by atoms with Crippen molar-refractivity contribution >= 4 is 0 Å². The molecule has 1 saturated heterocycles. The van der Waals surface area contributed by atoms with Crippen LogP contribution in [0.5, 0.6) is 0 Å². The summed E-state index contributed by atoms with van der Waals surface area (Å²) in [6.07, 6.45) is 2.62. The van der Waals surface area contributed by atoms with Gasteiger partial charge in [-0.3, -0.25) is 4.90 Å². The Bertz CT molecular complexity index is 340. The summed E-state index contributed by atoms with van der Waals surface area (Å²) >= 11 is 0. The normalized spacial score (nSPS) is 20.6. The number of furan rings is 1. The van der Waals surface area contributed by atoms with Gasteiger partial charge in [-0.2, -0.15) is 0 Å². The highest BCUT2D eigenvalue weighted by molar-refractivity contribution is 5.05. The Kier molecular flexibility index (Phi) is 4.24. The fourth-order valence-corrected chi connectivity index (χ4v) is 2.42. The van der Waals surface area contributed by atoms with Gasteiger partial charge < -0.3 is 9.73 Å². The van der Waals surface area contributed by atoms with E-state index in [-0.39, 0.29) is 0 Å². The summed E-state index contributed by atoms with van der Waals surface area (Å²) in [6, 6.07) is 5.35. The lowest BCUT2D eigenvalue weighted by Gasteiger charge is -2.28. The standard InChI is InChI=1S/C14H24N2O/c1-11(2)16(9-13-5-4-8-15-13)10-14-7-6-12(3)17-14/h6-7,11,13,15H,4-5,8-10H2,1-3H3. The largest absolute Gasteiger partial charge is 0.465 e. The summed E-state index contributed by atoms with van der Waals surface area (Å²) < 4.78 is 5.67. The predicted molar refractivity (Wildman–Crippen MR) is 70.0 cm³/mol. The molecular formula is C14H24N2O. The highest BCUT2D eigenvalue weighted by atomic mass is 16.3. The Labute approximate surface area is 104 Å². The monoisotopic (exact) mass is 236 g/mol. The van der Waals surface area contributed by atoms with Crippen LogP contribution >= 0.6 is 0 Å². The summed E-state index contributed by atoms with van der Waals surface area (Å²) in [6.45, 7) is 9.73. The van der Waals surface area contributed by atoms with Crippen molar-refractivity contribution in [2.45, 2.75) is 52.2 Å². The number of hydrogen-bond donors (Lipinski definition) is 1. The Morgan fingerprint density at radius 2 is 2.29 bits per heavy atom. The maximum atomic E-state index is 5.67. The molecule has 96 valence electrons. The van der Waals surface area contributed by atoms with Crippen molar-refractivity contribution in [3.63, 3.8) is 0 Å². The molecule has 2 rings (SSSR count). The molecule has 17 heavy (non-hydrogen) atoms. The van der Waals surface area contributed by atoms with E-state index in [1.807, 2.05) is 13.0 Å². The molecule has 0 aromatic carbocycles. The van der Waals surface area contributed by atoms with E-state index in [0.29, 0.717) is 12.1 Å². The molecule has 1 aliphatic heterocycles. The van der Waals surface area contributed by atoms with E-state index in [1.165, 1.54) is 19.4 Å². The van der Waals surface area contributed by atoms with Gasteiger partial charge in [0.1, 0.15) is 11.5 Å². The first-order chi connectivity index (χ1) is 8.15. The summed E-state index contributed by atoms with van der Waals surface area (Å²) in [5, 5.41) is 3.56. The summed E-state index contributed by atoms with van der Waals surface area (Å²) in [5.41, 5.74) is 0. The van der Waals surface area contributed by atoms with Gasteiger partial charge in [-0.15, -0.1) is 0 Å². The highest BCUT2D eigenvalue weighted by Crippen LogP contribution is 2.14. The van der Waals surface area contributed by atoms with E-state index in [2.05, 4.69) is 30.1 Å². The first-order valence-corrected chi connectivity index (χ1v) is 6.68. The zero-order chi connectivity index (χ0) is 12.3. The Balaban J connectivity index is 1.92. The van der Waals surface area contributed by atoms with Crippen LogP contribution in [0.3, 0.4) is 0 Å². The molecule has 0 radical (unpaired) electrons. The van der Waals surface area contributed by atoms with Crippen molar-refractivity contribution in [3.05, 3.63) is 23.7 Å². The number of hydrogen-bond acceptors (Lipinski definition) is 3. The van der Waals surface area contributed by atoms with Gasteiger partial charge in [0.15, 0.2) is 0 Å². The van der Waals surface area contributed by atoms with Gasteiger partial charge in [0.2, 0.25) is 0 Å². The molecule has 1 fully saturated rings. The quantitative estimate of drug-likeness (QED) is 0.851. The fourth-order valence-electron chi connectivity index (χ4n) is 2.42. The first kappa shape index (κ1) is 12.7. The molecule has 0 spiro atoms. The van der Waals surface area contributed by atoms with Crippen LogP contribution in [0.25, 0.3) is 0 Å². The molecule has 2 heterocycles. The maximum absolute atomic E-state index is 5.67. The van der Waals surface area contributed by atoms with Crippen LogP contribution in [-0.2, 0) is 6.54 Å². The zero-order valence-electron chi connectivity index (χ0n) is 11.2. The molecule has 1 N–H and O–H groups in total. The molecule has 1 atom stereocenters. The minimum Gasteiger partial charge on any atom is -0.465 e. The fraction of sp³-hybridized carbons (Fsp3) is 0.714. The highest BCUT2D eigenvalue weighted by Gasteiger charge is 2.20. The van der Waals surface area contributed by atoms with E-state index < -0.39 is 0 Å². The third-order valence-electron chi connectivity index (χ3n) is 3.50. The first-order valence-electron chi connectivity index (χ1n) is 6.68. The van der Waals surface area contributed by atoms with E-state index in [4.69, 9.17) is 4.42 Å². The van der Waals surface area contributed by atoms with Crippen molar-refractivity contribution < 1.29 is 4.42 Å². The number of nitrogens with zero attached hydrogens (tertiary/aromatic N) is 1. The maximum Gasteiger partial charge on any atom is 0.118 e. The smallest absolute Gasteiger partial charge is 0.118 e. The number of rotatable bonds is 5. The lowest BCUT2D eigenvalue weighted by Crippen LogP contribution is -2.40. The summed E-state index contributed by atoms with van der Waals surface area (Å²) in [4.78, 5) is 2.49. The number of nitrogens with one attached hydrogen (secondary N) is 1. The minimum atomic E-state index is 0.558. The molecule has 0 amide bonds. The van der Waals surface area contributed by atoms with Crippen LogP contribution in [-0.4, -0.2) is 30.1 Å². The molecule has 0 bridgehead atoms. The molecule has 1 unspecified atom stereocenters. The predicted octanol–water partition coefficient (Wildman–Crippen LogP) is 2.55. The van der Waals surface area contributed by atoms with Crippen LogP contribution < -0.4 is 5.32 Å². The molecule has 3 heteroatoms. The molecule has 3 nitrogen and oxygen atoms in total. The Morgan fingerprint density at radius 3 is 2.82 bits per heavy atom. The second-order valence-corrected chi connectivity index (χ2v) is 5.33. The average molecular weight is 236 g/mol. The second kappa shape index (κ2) is 5.69. The minimum absolute atomic E-state index is 0.558. The lowest BCUT2D eigenvalue weighted by atomic mass is 10.2. The molecule has 0 saturated carbocycles. The zero-order valence-corrected chi connectivity index (χ0v) is 11.2. The molecule has 1 aliphatic rings. The van der Waals surface area contributed by atoms with Gasteiger partial charge in [-0.05, 0) is 52.3 Å². The van der Waals surface area contributed by atoms with E-state index in [1.54, 1.807) is 0 Å². The van der Waals surface area contributed by atoms with Crippen LogP contribution in [0.15, 0.2) is 16.5 Å². The van der Waals surface area contributed by atoms with E-state index in [0.717, 1.165) is 24.6 Å². The van der Waals surface area contributed by atoms with E-state index >= 15 is 0 Å². The van der Waals surface area contributed by atoms with Gasteiger partial charge in [0.25, 0.3) is 0 Å². The topological polar surface area (TPSA) is 28.4 Å².